The molecule has 2 amide bonds. The third kappa shape index (κ3) is 4.59. The molecule has 0 aromatic heterocycles. The van der Waals surface area contributed by atoms with Crippen LogP contribution in [0.3, 0.4) is 0 Å². The van der Waals surface area contributed by atoms with E-state index in [4.69, 9.17) is 0 Å². The van der Waals surface area contributed by atoms with E-state index in [0.29, 0.717) is 0 Å². The molecule has 132 valence electrons. The Hall–Kier alpha value is -1.84. The molecule has 1 aromatic carbocycles. The molecule has 1 aromatic rings. The first-order valence-corrected chi connectivity index (χ1v) is 8.85. The molecule has 0 radical (unpaired) electrons. The Kier molecular flexibility index (Phi) is 5.68. The third-order valence-electron chi connectivity index (χ3n) is 4.65. The summed E-state index contributed by atoms with van der Waals surface area (Å²) in [5, 5.41) is 2.86. The lowest BCUT2D eigenvalue weighted by Gasteiger charge is -2.29. The summed E-state index contributed by atoms with van der Waals surface area (Å²) in [7, 11) is 0. The second-order valence-electron chi connectivity index (χ2n) is 7.96. The molecule has 1 heterocycles. The number of carbonyl (C=O) groups is 2. The summed E-state index contributed by atoms with van der Waals surface area (Å²) < 4.78 is 0. The average molecular weight is 330 g/mol. The minimum Gasteiger partial charge on any atom is -0.344 e. The van der Waals surface area contributed by atoms with Crippen molar-refractivity contribution in [1.82, 2.24) is 10.2 Å². The summed E-state index contributed by atoms with van der Waals surface area (Å²) in [5.74, 6) is -0.0557. The van der Waals surface area contributed by atoms with Gasteiger partial charge in [0, 0.05) is 18.0 Å². The van der Waals surface area contributed by atoms with Gasteiger partial charge in [-0.25, -0.2) is 0 Å². The molecular formula is C20H30N2O2. The normalized spacial score (nSPS) is 19.2. The number of carbonyl (C=O) groups excluding carboxylic acids is 2. The molecule has 1 aliphatic rings. The van der Waals surface area contributed by atoms with E-state index in [1.54, 1.807) is 6.92 Å². The van der Waals surface area contributed by atoms with Gasteiger partial charge in [-0.1, -0.05) is 50.6 Å². The Morgan fingerprint density at radius 2 is 1.88 bits per heavy atom. The highest BCUT2D eigenvalue weighted by molar-refractivity contribution is 5.89. The molecule has 4 heteroatoms. The molecule has 0 spiro atoms. The van der Waals surface area contributed by atoms with Crippen LogP contribution in [-0.4, -0.2) is 35.3 Å². The Morgan fingerprint density at radius 3 is 2.46 bits per heavy atom. The number of hydrogen-bond acceptors (Lipinski definition) is 2. The smallest absolute Gasteiger partial charge is 0.245 e. The maximum Gasteiger partial charge on any atom is 0.245 e. The minimum absolute atomic E-state index is 0.0298. The van der Waals surface area contributed by atoms with E-state index in [1.165, 1.54) is 11.1 Å². The van der Waals surface area contributed by atoms with Crippen LogP contribution in [0.15, 0.2) is 24.3 Å². The minimum atomic E-state index is -0.485. The fourth-order valence-corrected chi connectivity index (χ4v) is 3.06. The number of amides is 2. The molecule has 2 rings (SSSR count). The monoisotopic (exact) mass is 330 g/mol. The molecule has 1 fully saturated rings. The highest BCUT2D eigenvalue weighted by atomic mass is 16.2. The summed E-state index contributed by atoms with van der Waals surface area (Å²) in [6, 6.07) is 8.26. The van der Waals surface area contributed by atoms with Crippen LogP contribution in [0.4, 0.5) is 0 Å². The van der Waals surface area contributed by atoms with Gasteiger partial charge in [0.25, 0.3) is 0 Å². The maximum atomic E-state index is 12.8. The predicted molar refractivity (Wildman–Crippen MR) is 96.7 cm³/mol. The Bertz CT molecular complexity index is 587. The lowest BCUT2D eigenvalue weighted by molar-refractivity contribution is -0.138. The standard InChI is InChI=1S/C20H30N2O2/c1-14-8-10-16(11-9-14)13-17-7-6-12-22(17)18(23)15(2)21-19(24)20(3,4)5/h8-11,15,17H,6-7,12-13H2,1-5H3,(H,21,24). The van der Waals surface area contributed by atoms with Crippen molar-refractivity contribution in [3.05, 3.63) is 35.4 Å². The van der Waals surface area contributed by atoms with Gasteiger partial charge < -0.3 is 10.2 Å². The molecule has 0 aliphatic carbocycles. The van der Waals surface area contributed by atoms with Gasteiger partial charge in [-0.2, -0.15) is 0 Å². The van der Waals surface area contributed by atoms with Crippen molar-refractivity contribution in [1.29, 1.82) is 0 Å². The van der Waals surface area contributed by atoms with Crippen molar-refractivity contribution in [3.8, 4) is 0 Å². The SMILES string of the molecule is Cc1ccc(CC2CCCN2C(=O)C(C)NC(=O)C(C)(C)C)cc1. The first kappa shape index (κ1) is 18.5. The molecule has 2 unspecified atom stereocenters. The fourth-order valence-electron chi connectivity index (χ4n) is 3.06. The second kappa shape index (κ2) is 7.37. The zero-order valence-electron chi connectivity index (χ0n) is 15.6. The van der Waals surface area contributed by atoms with E-state index in [1.807, 2.05) is 25.7 Å². The maximum absolute atomic E-state index is 12.8. The van der Waals surface area contributed by atoms with Crippen molar-refractivity contribution in [2.45, 2.75) is 66.0 Å². The summed E-state index contributed by atoms with van der Waals surface area (Å²) >= 11 is 0. The largest absolute Gasteiger partial charge is 0.344 e. The quantitative estimate of drug-likeness (QED) is 0.922. The van der Waals surface area contributed by atoms with E-state index in [0.717, 1.165) is 25.8 Å². The van der Waals surface area contributed by atoms with Crippen molar-refractivity contribution >= 4 is 11.8 Å². The van der Waals surface area contributed by atoms with Crippen molar-refractivity contribution in [2.24, 2.45) is 5.41 Å². The number of rotatable bonds is 4. The average Bonchev–Trinajstić information content (AvgIpc) is 2.95. The molecule has 1 N–H and O–H groups in total. The Morgan fingerprint density at radius 1 is 1.25 bits per heavy atom. The van der Waals surface area contributed by atoms with Gasteiger partial charge >= 0.3 is 0 Å². The van der Waals surface area contributed by atoms with Crippen molar-refractivity contribution in [3.63, 3.8) is 0 Å². The van der Waals surface area contributed by atoms with E-state index in [-0.39, 0.29) is 17.9 Å². The number of hydrogen-bond donors (Lipinski definition) is 1. The zero-order chi connectivity index (χ0) is 17.9. The van der Waals surface area contributed by atoms with Crippen LogP contribution >= 0.6 is 0 Å². The van der Waals surface area contributed by atoms with Gasteiger partial charge in [-0.05, 0) is 38.7 Å². The van der Waals surface area contributed by atoms with Crippen LogP contribution in [-0.2, 0) is 16.0 Å². The van der Waals surface area contributed by atoms with E-state index in [9.17, 15) is 9.59 Å². The first-order valence-electron chi connectivity index (χ1n) is 8.85. The van der Waals surface area contributed by atoms with Gasteiger partial charge in [0.15, 0.2) is 0 Å². The molecule has 2 atom stereocenters. The topological polar surface area (TPSA) is 49.4 Å². The number of nitrogens with one attached hydrogen (secondary N) is 1. The number of nitrogens with zero attached hydrogens (tertiary/aromatic N) is 1. The lowest BCUT2D eigenvalue weighted by atomic mass is 9.95. The number of aryl methyl sites for hydroxylation is 1. The molecule has 0 saturated carbocycles. The van der Waals surface area contributed by atoms with E-state index in [2.05, 4.69) is 36.5 Å². The first-order chi connectivity index (χ1) is 11.2. The third-order valence-corrected chi connectivity index (χ3v) is 4.65. The highest BCUT2D eigenvalue weighted by Gasteiger charge is 2.33. The van der Waals surface area contributed by atoms with Gasteiger partial charge in [0.1, 0.15) is 6.04 Å². The van der Waals surface area contributed by atoms with E-state index < -0.39 is 11.5 Å². The lowest BCUT2D eigenvalue weighted by Crippen LogP contribution is -2.51. The van der Waals surface area contributed by atoms with Crippen molar-refractivity contribution < 1.29 is 9.59 Å². The van der Waals surface area contributed by atoms with Crippen LogP contribution in [0.2, 0.25) is 0 Å². The zero-order valence-corrected chi connectivity index (χ0v) is 15.6. The summed E-state index contributed by atoms with van der Waals surface area (Å²) in [5.41, 5.74) is 2.02. The van der Waals surface area contributed by atoms with Crippen LogP contribution in [0.1, 0.15) is 51.7 Å². The molecule has 4 nitrogen and oxygen atoms in total. The molecular weight excluding hydrogens is 300 g/mol. The summed E-state index contributed by atoms with van der Waals surface area (Å²) in [4.78, 5) is 26.8. The van der Waals surface area contributed by atoms with Crippen molar-refractivity contribution in [2.75, 3.05) is 6.54 Å². The van der Waals surface area contributed by atoms with Gasteiger partial charge in [-0.3, -0.25) is 9.59 Å². The second-order valence-corrected chi connectivity index (χ2v) is 7.96. The molecule has 24 heavy (non-hydrogen) atoms. The molecule has 1 aliphatic heterocycles. The van der Waals surface area contributed by atoms with Crippen LogP contribution < -0.4 is 5.32 Å². The van der Waals surface area contributed by atoms with E-state index >= 15 is 0 Å². The van der Waals surface area contributed by atoms with Gasteiger partial charge in [-0.15, -0.1) is 0 Å². The predicted octanol–water partition coefficient (Wildman–Crippen LogP) is 3.08. The summed E-state index contributed by atoms with van der Waals surface area (Å²) in [6.45, 7) is 10.2. The summed E-state index contributed by atoms with van der Waals surface area (Å²) in [6.07, 6.45) is 2.94. The van der Waals surface area contributed by atoms with Gasteiger partial charge in [0.2, 0.25) is 11.8 Å². The van der Waals surface area contributed by atoms with Gasteiger partial charge in [0.05, 0.1) is 0 Å². The highest BCUT2D eigenvalue weighted by Crippen LogP contribution is 2.22. The Labute approximate surface area is 145 Å². The number of likely N-dealkylation sites (tertiary alicyclic amines) is 1. The molecule has 0 bridgehead atoms. The Balaban J connectivity index is 1.99. The number of benzene rings is 1. The van der Waals surface area contributed by atoms with Crippen LogP contribution in [0, 0.1) is 12.3 Å². The van der Waals surface area contributed by atoms with Crippen LogP contribution in [0.25, 0.3) is 0 Å². The fraction of sp³-hybridized carbons (Fsp3) is 0.600. The van der Waals surface area contributed by atoms with Crippen LogP contribution in [0.5, 0.6) is 0 Å². The molecule has 1 saturated heterocycles.